The van der Waals surface area contributed by atoms with Gasteiger partial charge in [-0.2, -0.15) is 5.10 Å². The number of aromatic nitrogens is 3. The topological polar surface area (TPSA) is 89.1 Å². The fraction of sp³-hybridized carbons (Fsp3) is 0.435. The van der Waals surface area contributed by atoms with Crippen LogP contribution in [0.4, 0.5) is 0 Å². The molecule has 0 atom stereocenters. The first-order valence-corrected chi connectivity index (χ1v) is 10.6. The van der Waals surface area contributed by atoms with Crippen molar-refractivity contribution in [2.45, 2.75) is 45.3 Å². The van der Waals surface area contributed by atoms with Gasteiger partial charge in [0.1, 0.15) is 0 Å². The summed E-state index contributed by atoms with van der Waals surface area (Å²) in [7, 11) is 2.06. The third kappa shape index (κ3) is 4.37. The van der Waals surface area contributed by atoms with E-state index in [4.69, 9.17) is 10.7 Å². The number of benzene rings is 1. The van der Waals surface area contributed by atoms with Crippen molar-refractivity contribution in [3.8, 4) is 11.3 Å². The molecule has 3 N–H and O–H groups in total. The SMILES string of the molecule is CC(C)n1ncc2c(C(=O)NC3CC3)cc(-c3cccc(CN(C)CCN)c3)nc21. The predicted octanol–water partition coefficient (Wildman–Crippen LogP) is 2.96. The fourth-order valence-corrected chi connectivity index (χ4v) is 3.66. The Balaban J connectivity index is 1.76. The Morgan fingerprint density at radius 2 is 2.13 bits per heavy atom. The number of carbonyl (C=O) groups is 1. The second kappa shape index (κ2) is 8.53. The highest BCUT2D eigenvalue weighted by Crippen LogP contribution is 2.28. The molecule has 0 saturated heterocycles. The number of likely N-dealkylation sites (N-methyl/N-ethyl adjacent to an activating group) is 1. The summed E-state index contributed by atoms with van der Waals surface area (Å²) in [5, 5.41) is 8.40. The van der Waals surface area contributed by atoms with Crippen molar-refractivity contribution in [1.82, 2.24) is 25.0 Å². The number of pyridine rings is 1. The van der Waals surface area contributed by atoms with Crippen LogP contribution in [-0.2, 0) is 6.54 Å². The van der Waals surface area contributed by atoms with E-state index in [9.17, 15) is 4.79 Å². The van der Waals surface area contributed by atoms with Gasteiger partial charge in [-0.3, -0.25) is 4.79 Å². The van der Waals surface area contributed by atoms with Crippen LogP contribution < -0.4 is 11.1 Å². The molecule has 7 nitrogen and oxygen atoms in total. The van der Waals surface area contributed by atoms with Gasteiger partial charge in [-0.05, 0) is 51.4 Å². The molecule has 0 aliphatic heterocycles. The summed E-state index contributed by atoms with van der Waals surface area (Å²) in [4.78, 5) is 20.1. The van der Waals surface area contributed by atoms with Gasteiger partial charge in [0.15, 0.2) is 5.65 Å². The van der Waals surface area contributed by atoms with E-state index >= 15 is 0 Å². The van der Waals surface area contributed by atoms with E-state index in [1.165, 1.54) is 5.56 Å². The molecule has 0 unspecified atom stereocenters. The van der Waals surface area contributed by atoms with Crippen LogP contribution in [0.15, 0.2) is 36.5 Å². The molecule has 158 valence electrons. The van der Waals surface area contributed by atoms with Gasteiger partial charge in [-0.25, -0.2) is 9.67 Å². The van der Waals surface area contributed by atoms with Gasteiger partial charge in [-0.15, -0.1) is 0 Å². The van der Waals surface area contributed by atoms with Gasteiger partial charge in [0.25, 0.3) is 5.91 Å². The van der Waals surface area contributed by atoms with Crippen LogP contribution in [0.2, 0.25) is 0 Å². The fourth-order valence-electron chi connectivity index (χ4n) is 3.66. The first-order chi connectivity index (χ1) is 14.5. The Morgan fingerprint density at radius 3 is 2.83 bits per heavy atom. The monoisotopic (exact) mass is 406 g/mol. The van der Waals surface area contributed by atoms with Gasteiger partial charge in [0, 0.05) is 37.3 Å². The maximum absolute atomic E-state index is 13.0. The molecule has 7 heteroatoms. The Hall–Kier alpha value is -2.77. The minimum atomic E-state index is -0.0479. The van der Waals surface area contributed by atoms with E-state index in [0.29, 0.717) is 18.2 Å². The lowest BCUT2D eigenvalue weighted by molar-refractivity contribution is 0.0952. The Morgan fingerprint density at radius 1 is 1.33 bits per heavy atom. The molecule has 1 aliphatic carbocycles. The summed E-state index contributed by atoms with van der Waals surface area (Å²) in [6.07, 6.45) is 3.86. The normalized spacial score (nSPS) is 14.1. The van der Waals surface area contributed by atoms with Gasteiger partial charge in [0.2, 0.25) is 0 Å². The minimum absolute atomic E-state index is 0.0479. The number of nitrogens with zero attached hydrogens (tertiary/aromatic N) is 4. The summed E-state index contributed by atoms with van der Waals surface area (Å²) in [6.45, 7) is 6.42. The van der Waals surface area contributed by atoms with Crippen LogP contribution in [0.3, 0.4) is 0 Å². The summed E-state index contributed by atoms with van der Waals surface area (Å²) < 4.78 is 1.88. The lowest BCUT2D eigenvalue weighted by atomic mass is 10.0. The summed E-state index contributed by atoms with van der Waals surface area (Å²) >= 11 is 0. The number of fused-ring (bicyclic) bond motifs is 1. The Bertz CT molecular complexity index is 1050. The number of nitrogens with two attached hydrogens (primary N) is 1. The number of nitrogens with one attached hydrogen (secondary N) is 1. The Labute approximate surface area is 177 Å². The predicted molar refractivity (Wildman–Crippen MR) is 119 cm³/mol. The van der Waals surface area contributed by atoms with Crippen molar-refractivity contribution in [1.29, 1.82) is 0 Å². The number of carbonyl (C=O) groups excluding carboxylic acids is 1. The molecule has 4 rings (SSSR count). The van der Waals surface area contributed by atoms with Gasteiger partial charge >= 0.3 is 0 Å². The zero-order chi connectivity index (χ0) is 21.3. The van der Waals surface area contributed by atoms with Crippen molar-refractivity contribution in [2.24, 2.45) is 5.73 Å². The second-order valence-corrected chi connectivity index (χ2v) is 8.45. The number of rotatable bonds is 8. The molecule has 1 aromatic carbocycles. The molecule has 3 aromatic rings. The number of hydrogen-bond donors (Lipinski definition) is 2. The lowest BCUT2D eigenvalue weighted by Crippen LogP contribution is -2.25. The average Bonchev–Trinajstić information content (AvgIpc) is 3.42. The van der Waals surface area contributed by atoms with E-state index in [1.807, 2.05) is 22.9 Å². The first-order valence-electron chi connectivity index (χ1n) is 10.6. The highest BCUT2D eigenvalue weighted by molar-refractivity contribution is 6.06. The van der Waals surface area contributed by atoms with Crippen molar-refractivity contribution < 1.29 is 4.79 Å². The lowest BCUT2D eigenvalue weighted by Gasteiger charge is -2.16. The van der Waals surface area contributed by atoms with Gasteiger partial charge < -0.3 is 16.0 Å². The van der Waals surface area contributed by atoms with Crippen LogP contribution >= 0.6 is 0 Å². The summed E-state index contributed by atoms with van der Waals surface area (Å²) in [6, 6.07) is 10.7. The zero-order valence-electron chi connectivity index (χ0n) is 17.9. The standard InChI is InChI=1S/C23H30N6O/c1-15(2)29-22-20(13-25-29)19(23(30)26-18-7-8-18)12-21(27-22)17-6-4-5-16(11-17)14-28(3)10-9-24/h4-6,11-13,15,18H,7-10,14,24H2,1-3H3,(H,26,30). The maximum atomic E-state index is 13.0. The average molecular weight is 407 g/mol. The third-order valence-corrected chi connectivity index (χ3v) is 5.40. The summed E-state index contributed by atoms with van der Waals surface area (Å²) in [5.41, 5.74) is 10.0. The van der Waals surface area contributed by atoms with Crippen LogP contribution in [0, 0.1) is 0 Å². The molecule has 0 radical (unpaired) electrons. The molecule has 2 heterocycles. The largest absolute Gasteiger partial charge is 0.349 e. The van der Waals surface area contributed by atoms with E-state index in [2.05, 4.69) is 48.3 Å². The molecule has 0 bridgehead atoms. The molecule has 1 aliphatic rings. The molecule has 1 amide bonds. The Kier molecular flexibility index (Phi) is 5.83. The van der Waals surface area contributed by atoms with Crippen molar-refractivity contribution in [2.75, 3.05) is 20.1 Å². The molecular formula is C23H30N6O. The van der Waals surface area contributed by atoms with Crippen LogP contribution in [-0.4, -0.2) is 51.8 Å². The van der Waals surface area contributed by atoms with Crippen LogP contribution in [0.25, 0.3) is 22.3 Å². The first kappa shape index (κ1) is 20.5. The number of amides is 1. The highest BCUT2D eigenvalue weighted by Gasteiger charge is 2.26. The van der Waals surface area contributed by atoms with Crippen molar-refractivity contribution in [3.05, 3.63) is 47.7 Å². The van der Waals surface area contributed by atoms with E-state index < -0.39 is 0 Å². The van der Waals surface area contributed by atoms with Crippen molar-refractivity contribution in [3.63, 3.8) is 0 Å². The van der Waals surface area contributed by atoms with E-state index in [1.54, 1.807) is 6.20 Å². The second-order valence-electron chi connectivity index (χ2n) is 8.45. The van der Waals surface area contributed by atoms with Crippen LogP contribution in [0.1, 0.15) is 48.7 Å². The molecular weight excluding hydrogens is 376 g/mol. The van der Waals surface area contributed by atoms with Crippen LogP contribution in [0.5, 0.6) is 0 Å². The van der Waals surface area contributed by atoms with Gasteiger partial charge in [0.05, 0.1) is 22.8 Å². The highest BCUT2D eigenvalue weighted by atomic mass is 16.1. The van der Waals surface area contributed by atoms with E-state index in [-0.39, 0.29) is 11.9 Å². The molecule has 0 spiro atoms. The molecule has 1 fully saturated rings. The zero-order valence-corrected chi connectivity index (χ0v) is 17.9. The maximum Gasteiger partial charge on any atom is 0.252 e. The third-order valence-electron chi connectivity index (χ3n) is 5.40. The number of hydrogen-bond acceptors (Lipinski definition) is 5. The smallest absolute Gasteiger partial charge is 0.252 e. The minimum Gasteiger partial charge on any atom is -0.349 e. The molecule has 30 heavy (non-hydrogen) atoms. The van der Waals surface area contributed by atoms with Crippen molar-refractivity contribution >= 4 is 16.9 Å². The quantitative estimate of drug-likeness (QED) is 0.600. The summed E-state index contributed by atoms with van der Waals surface area (Å²) in [5.74, 6) is -0.0479. The molecule has 1 saturated carbocycles. The molecule has 2 aromatic heterocycles. The van der Waals surface area contributed by atoms with Gasteiger partial charge in [-0.1, -0.05) is 18.2 Å². The van der Waals surface area contributed by atoms with E-state index in [0.717, 1.165) is 48.2 Å².